The zero-order chi connectivity index (χ0) is 21.5. The standard InChI is InChI=1S/C21H21N7O3/c1-28-10-23-19(27-28)12-4-3-5-13(18(12)31-2)24-14-8-16(26-20(29)11-6-7-11)25-15-9-22-21(30)17(14)15/h3-5,8,10-11H,6-7,9H2,1-2H3,(H,22,30)(H2,24,25,26,29). The van der Waals surface area contributed by atoms with Gasteiger partial charge in [-0.1, -0.05) is 6.07 Å². The van der Waals surface area contributed by atoms with E-state index in [2.05, 4.69) is 31.0 Å². The third-order valence-electron chi connectivity index (χ3n) is 5.27. The zero-order valence-electron chi connectivity index (χ0n) is 17.1. The van der Waals surface area contributed by atoms with Crippen LogP contribution in [0.1, 0.15) is 28.9 Å². The van der Waals surface area contributed by atoms with Gasteiger partial charge in [0.05, 0.1) is 41.9 Å². The van der Waals surface area contributed by atoms with E-state index in [1.54, 1.807) is 31.2 Å². The molecular formula is C21H21N7O3. The minimum Gasteiger partial charge on any atom is -0.494 e. The van der Waals surface area contributed by atoms with E-state index in [4.69, 9.17) is 4.74 Å². The van der Waals surface area contributed by atoms with Crippen LogP contribution < -0.4 is 20.7 Å². The first kappa shape index (κ1) is 19.0. The number of amides is 2. The first-order chi connectivity index (χ1) is 15.0. The number of nitrogens with zero attached hydrogens (tertiary/aromatic N) is 4. The normalized spacial score (nSPS) is 14.7. The van der Waals surface area contributed by atoms with E-state index >= 15 is 0 Å². The molecule has 5 rings (SSSR count). The fourth-order valence-corrected chi connectivity index (χ4v) is 3.61. The minimum atomic E-state index is -0.216. The molecule has 10 heteroatoms. The Labute approximate surface area is 178 Å². The molecule has 1 aliphatic heterocycles. The molecule has 3 heterocycles. The van der Waals surface area contributed by atoms with Crippen molar-refractivity contribution in [3.63, 3.8) is 0 Å². The summed E-state index contributed by atoms with van der Waals surface area (Å²) in [5.74, 6) is 1.27. The lowest BCUT2D eigenvalue weighted by molar-refractivity contribution is -0.117. The number of carbonyl (C=O) groups is 2. The molecule has 2 amide bonds. The third-order valence-corrected chi connectivity index (χ3v) is 5.27. The van der Waals surface area contributed by atoms with Gasteiger partial charge in [0.2, 0.25) is 5.91 Å². The molecule has 0 saturated heterocycles. The summed E-state index contributed by atoms with van der Waals surface area (Å²) in [6.07, 6.45) is 3.41. The van der Waals surface area contributed by atoms with Crippen LogP contribution >= 0.6 is 0 Å². The molecule has 158 valence electrons. The highest BCUT2D eigenvalue weighted by molar-refractivity contribution is 6.05. The van der Waals surface area contributed by atoms with Crippen molar-refractivity contribution < 1.29 is 14.3 Å². The van der Waals surface area contributed by atoms with Gasteiger partial charge in [-0.05, 0) is 25.0 Å². The zero-order valence-corrected chi connectivity index (χ0v) is 17.1. The van der Waals surface area contributed by atoms with Gasteiger partial charge < -0.3 is 20.7 Å². The molecule has 2 aromatic heterocycles. The molecule has 31 heavy (non-hydrogen) atoms. The van der Waals surface area contributed by atoms with Gasteiger partial charge in [0.25, 0.3) is 5.91 Å². The molecule has 1 fully saturated rings. The number of ether oxygens (including phenoxy) is 1. The molecule has 0 bridgehead atoms. The van der Waals surface area contributed by atoms with Crippen molar-refractivity contribution in [3.05, 3.63) is 41.9 Å². The Morgan fingerprint density at radius 3 is 2.84 bits per heavy atom. The molecule has 0 radical (unpaired) electrons. The van der Waals surface area contributed by atoms with Crippen molar-refractivity contribution in [3.8, 4) is 17.1 Å². The first-order valence-corrected chi connectivity index (χ1v) is 9.96. The molecule has 3 aromatic rings. The number of methoxy groups -OCH3 is 1. The predicted octanol–water partition coefficient (Wildman–Crippen LogP) is 2.22. The molecule has 1 aliphatic carbocycles. The van der Waals surface area contributed by atoms with Crippen LogP contribution in [0.2, 0.25) is 0 Å². The van der Waals surface area contributed by atoms with Crippen molar-refractivity contribution in [1.29, 1.82) is 0 Å². The minimum absolute atomic E-state index is 0.0449. The summed E-state index contributed by atoms with van der Waals surface area (Å²) in [5, 5.41) is 13.3. The number of hydrogen-bond acceptors (Lipinski definition) is 7. The summed E-state index contributed by atoms with van der Waals surface area (Å²) in [5.41, 5.74) is 2.93. The Hall–Kier alpha value is -3.95. The fraction of sp³-hybridized carbons (Fsp3) is 0.286. The molecule has 2 aliphatic rings. The summed E-state index contributed by atoms with van der Waals surface area (Å²) in [4.78, 5) is 33.4. The van der Waals surface area contributed by atoms with E-state index in [0.717, 1.165) is 12.8 Å². The fourth-order valence-electron chi connectivity index (χ4n) is 3.61. The number of benzene rings is 1. The van der Waals surface area contributed by atoms with Gasteiger partial charge in [0.15, 0.2) is 11.6 Å². The Balaban J connectivity index is 1.54. The number of aryl methyl sites for hydroxylation is 1. The molecule has 0 atom stereocenters. The molecule has 10 nitrogen and oxygen atoms in total. The smallest absolute Gasteiger partial charge is 0.255 e. The summed E-state index contributed by atoms with van der Waals surface area (Å²) in [6, 6.07) is 7.24. The van der Waals surface area contributed by atoms with Gasteiger partial charge in [-0.25, -0.2) is 9.97 Å². The number of carbonyl (C=O) groups excluding carboxylic acids is 2. The highest BCUT2D eigenvalue weighted by Crippen LogP contribution is 2.38. The lowest BCUT2D eigenvalue weighted by atomic mass is 10.1. The first-order valence-electron chi connectivity index (χ1n) is 9.96. The number of rotatable bonds is 6. The molecule has 0 unspecified atom stereocenters. The van der Waals surface area contributed by atoms with E-state index in [9.17, 15) is 9.59 Å². The van der Waals surface area contributed by atoms with Crippen molar-refractivity contribution in [2.75, 3.05) is 17.7 Å². The Bertz CT molecular complexity index is 1200. The van der Waals surface area contributed by atoms with Crippen molar-refractivity contribution >= 4 is 29.0 Å². The van der Waals surface area contributed by atoms with Crippen LogP contribution in [0.3, 0.4) is 0 Å². The maximum absolute atomic E-state index is 12.4. The number of anilines is 3. The maximum Gasteiger partial charge on any atom is 0.255 e. The van der Waals surface area contributed by atoms with Crippen molar-refractivity contribution in [2.24, 2.45) is 13.0 Å². The van der Waals surface area contributed by atoms with Crippen molar-refractivity contribution in [1.82, 2.24) is 25.1 Å². The van der Waals surface area contributed by atoms with Crippen molar-refractivity contribution in [2.45, 2.75) is 19.4 Å². The predicted molar refractivity (Wildman–Crippen MR) is 113 cm³/mol. The van der Waals surface area contributed by atoms with Crippen LogP contribution in [0, 0.1) is 5.92 Å². The van der Waals surface area contributed by atoms with Crippen LogP contribution in [0.25, 0.3) is 11.4 Å². The van der Waals surface area contributed by atoms with Gasteiger partial charge in [0.1, 0.15) is 12.1 Å². The number of pyridine rings is 1. The van der Waals surface area contributed by atoms with Crippen LogP contribution in [-0.4, -0.2) is 38.7 Å². The second-order valence-electron chi connectivity index (χ2n) is 7.58. The van der Waals surface area contributed by atoms with E-state index < -0.39 is 0 Å². The lowest BCUT2D eigenvalue weighted by Crippen LogP contribution is -2.16. The second kappa shape index (κ2) is 7.38. The monoisotopic (exact) mass is 419 g/mol. The number of nitrogens with one attached hydrogen (secondary N) is 3. The topological polar surface area (TPSA) is 123 Å². The van der Waals surface area contributed by atoms with E-state index in [-0.39, 0.29) is 17.7 Å². The number of fused-ring (bicyclic) bond motifs is 1. The quantitative estimate of drug-likeness (QED) is 0.560. The lowest BCUT2D eigenvalue weighted by Gasteiger charge is -2.16. The highest BCUT2D eigenvalue weighted by Gasteiger charge is 2.31. The van der Waals surface area contributed by atoms with Gasteiger partial charge in [-0.15, -0.1) is 0 Å². The summed E-state index contributed by atoms with van der Waals surface area (Å²) >= 11 is 0. The van der Waals surface area contributed by atoms with E-state index in [0.29, 0.717) is 52.1 Å². The van der Waals surface area contributed by atoms with Crippen LogP contribution in [0.15, 0.2) is 30.6 Å². The molecule has 1 saturated carbocycles. The third kappa shape index (κ3) is 3.56. The molecule has 1 aromatic carbocycles. The molecular weight excluding hydrogens is 398 g/mol. The maximum atomic E-state index is 12.4. The Kier molecular flexibility index (Phi) is 4.54. The Morgan fingerprint density at radius 1 is 1.29 bits per heavy atom. The van der Waals surface area contributed by atoms with Crippen LogP contribution in [-0.2, 0) is 18.4 Å². The Morgan fingerprint density at radius 2 is 2.13 bits per heavy atom. The molecule has 0 spiro atoms. The van der Waals surface area contributed by atoms with Gasteiger partial charge in [-0.2, -0.15) is 5.10 Å². The SMILES string of the molecule is COc1c(Nc2cc(NC(=O)C3CC3)nc3c2C(=O)NC3)cccc1-c1ncn(C)n1. The number of hydrogen-bond donors (Lipinski definition) is 3. The van der Waals surface area contributed by atoms with E-state index in [1.165, 1.54) is 0 Å². The van der Waals surface area contributed by atoms with Crippen LogP contribution in [0.4, 0.5) is 17.2 Å². The van der Waals surface area contributed by atoms with Crippen LogP contribution in [0.5, 0.6) is 5.75 Å². The number of aromatic nitrogens is 4. The highest BCUT2D eigenvalue weighted by atomic mass is 16.5. The largest absolute Gasteiger partial charge is 0.494 e. The average molecular weight is 419 g/mol. The second-order valence-corrected chi connectivity index (χ2v) is 7.58. The van der Waals surface area contributed by atoms with Gasteiger partial charge >= 0.3 is 0 Å². The van der Waals surface area contributed by atoms with Gasteiger partial charge in [-0.3, -0.25) is 14.3 Å². The summed E-state index contributed by atoms with van der Waals surface area (Å²) in [7, 11) is 3.36. The van der Waals surface area contributed by atoms with E-state index in [1.807, 2.05) is 18.2 Å². The summed E-state index contributed by atoms with van der Waals surface area (Å²) in [6.45, 7) is 0.311. The number of para-hydroxylation sites is 1. The average Bonchev–Trinajstić information content (AvgIpc) is 3.42. The summed E-state index contributed by atoms with van der Waals surface area (Å²) < 4.78 is 7.27. The van der Waals surface area contributed by atoms with Gasteiger partial charge in [0, 0.05) is 19.0 Å². The molecule has 3 N–H and O–H groups in total.